The van der Waals surface area contributed by atoms with E-state index in [2.05, 4.69) is 20.8 Å². The van der Waals surface area contributed by atoms with Crippen molar-refractivity contribution in [2.75, 3.05) is 16.6 Å². The van der Waals surface area contributed by atoms with Crippen LogP contribution in [-0.4, -0.2) is 14.5 Å². The number of hydrogen-bond acceptors (Lipinski definition) is 7. The largest absolute Gasteiger partial charge is 0.384 e. The molecule has 0 radical (unpaired) electrons. The van der Waals surface area contributed by atoms with E-state index in [0.717, 1.165) is 5.69 Å². The summed E-state index contributed by atoms with van der Waals surface area (Å²) in [7, 11) is 0. The fourth-order valence-electron chi connectivity index (χ4n) is 2.24. The first kappa shape index (κ1) is 15.8. The molecule has 0 saturated heterocycles. The van der Waals surface area contributed by atoms with Crippen LogP contribution in [0.3, 0.4) is 0 Å². The highest BCUT2D eigenvalue weighted by Gasteiger charge is 2.16. The van der Waals surface area contributed by atoms with Gasteiger partial charge >= 0.3 is 5.69 Å². The quantitative estimate of drug-likeness (QED) is 0.523. The second kappa shape index (κ2) is 6.59. The normalized spacial score (nSPS) is 10.5. The molecule has 0 spiro atoms. The van der Waals surface area contributed by atoms with Gasteiger partial charge < -0.3 is 5.73 Å². The Morgan fingerprint density at radius 3 is 2.71 bits per heavy atom. The van der Waals surface area contributed by atoms with Crippen LogP contribution in [0.4, 0.5) is 16.6 Å². The van der Waals surface area contributed by atoms with E-state index in [1.165, 1.54) is 15.9 Å². The molecule has 24 heavy (non-hydrogen) atoms. The minimum atomic E-state index is -0.546. The van der Waals surface area contributed by atoms with Gasteiger partial charge in [-0.3, -0.25) is 25.2 Å². The van der Waals surface area contributed by atoms with Crippen molar-refractivity contribution in [2.45, 2.75) is 13.5 Å². The van der Waals surface area contributed by atoms with Crippen molar-refractivity contribution in [1.82, 2.24) is 14.5 Å². The van der Waals surface area contributed by atoms with Crippen LogP contribution >= 0.6 is 11.3 Å². The number of nitrogens with zero attached hydrogens (tertiary/aromatic N) is 2. The summed E-state index contributed by atoms with van der Waals surface area (Å²) >= 11 is 1.32. The van der Waals surface area contributed by atoms with Gasteiger partial charge in [-0.2, -0.15) is 0 Å². The summed E-state index contributed by atoms with van der Waals surface area (Å²) in [5, 5.41) is 2.28. The van der Waals surface area contributed by atoms with E-state index in [-0.39, 0.29) is 11.4 Å². The Morgan fingerprint density at radius 1 is 1.25 bits per heavy atom. The summed E-state index contributed by atoms with van der Waals surface area (Å²) < 4.78 is 1.30. The van der Waals surface area contributed by atoms with E-state index in [9.17, 15) is 9.59 Å². The highest BCUT2D eigenvalue weighted by Crippen LogP contribution is 2.25. The molecule has 9 heteroatoms. The zero-order valence-corrected chi connectivity index (χ0v) is 13.7. The Bertz CT molecular complexity index is 960. The molecule has 0 aliphatic heterocycles. The monoisotopic (exact) mass is 344 g/mol. The molecule has 3 rings (SSSR count). The van der Waals surface area contributed by atoms with Crippen LogP contribution in [0.15, 0.2) is 45.3 Å². The SMILES string of the molecule is CCn1c(N)c(-c2csc(NNc3ccccc3)n2)c(=O)[nH]c1=O. The summed E-state index contributed by atoms with van der Waals surface area (Å²) in [4.78, 5) is 30.4. The van der Waals surface area contributed by atoms with Gasteiger partial charge in [0.1, 0.15) is 11.4 Å². The minimum Gasteiger partial charge on any atom is -0.384 e. The van der Waals surface area contributed by atoms with Gasteiger partial charge in [-0.1, -0.05) is 18.2 Å². The minimum absolute atomic E-state index is 0.110. The lowest BCUT2D eigenvalue weighted by atomic mass is 10.2. The molecule has 1 aromatic carbocycles. The molecule has 0 aliphatic carbocycles. The summed E-state index contributed by atoms with van der Waals surface area (Å²) in [5.74, 6) is 0.110. The van der Waals surface area contributed by atoms with Crippen molar-refractivity contribution in [2.24, 2.45) is 0 Å². The van der Waals surface area contributed by atoms with Crippen LogP contribution in [0, 0.1) is 0 Å². The number of anilines is 3. The molecule has 0 atom stereocenters. The zero-order valence-electron chi connectivity index (χ0n) is 12.9. The molecule has 0 bridgehead atoms. The van der Waals surface area contributed by atoms with Gasteiger partial charge in [-0.25, -0.2) is 9.78 Å². The van der Waals surface area contributed by atoms with Gasteiger partial charge in [-0.05, 0) is 19.1 Å². The molecule has 0 saturated carbocycles. The molecule has 8 nitrogen and oxygen atoms in total. The Hall–Kier alpha value is -3.07. The summed E-state index contributed by atoms with van der Waals surface area (Å²) in [5.41, 5.74) is 12.4. The standard InChI is InChI=1S/C15H16N6O2S/c1-2-21-12(16)11(13(22)18-15(21)23)10-8-24-14(17-10)20-19-9-6-4-3-5-7-9/h3-8,19H,2,16H2,1H3,(H,17,20)(H,18,22,23). The molecule has 3 aromatic rings. The third-order valence-electron chi connectivity index (χ3n) is 3.40. The average molecular weight is 344 g/mol. The number of aromatic amines is 1. The van der Waals surface area contributed by atoms with E-state index >= 15 is 0 Å². The van der Waals surface area contributed by atoms with E-state index in [0.29, 0.717) is 17.4 Å². The van der Waals surface area contributed by atoms with E-state index in [1.807, 2.05) is 30.3 Å². The third-order valence-corrected chi connectivity index (χ3v) is 4.16. The molecule has 0 unspecified atom stereocenters. The van der Waals surface area contributed by atoms with Crippen molar-refractivity contribution in [3.8, 4) is 11.3 Å². The number of benzene rings is 1. The van der Waals surface area contributed by atoms with Crippen LogP contribution in [-0.2, 0) is 6.54 Å². The third kappa shape index (κ3) is 3.01. The fraction of sp³-hybridized carbons (Fsp3) is 0.133. The number of hydrogen-bond donors (Lipinski definition) is 4. The first-order chi connectivity index (χ1) is 11.6. The molecule has 0 amide bonds. The zero-order chi connectivity index (χ0) is 17.1. The first-order valence-corrected chi connectivity index (χ1v) is 8.13. The number of H-pyrrole nitrogens is 1. The lowest BCUT2D eigenvalue weighted by molar-refractivity contribution is 0.706. The van der Waals surface area contributed by atoms with Crippen molar-refractivity contribution in [3.05, 3.63) is 56.5 Å². The number of hydrazine groups is 1. The Balaban J connectivity index is 1.89. The Labute approximate surface area is 141 Å². The predicted octanol–water partition coefficient (Wildman–Crippen LogP) is 1.70. The van der Waals surface area contributed by atoms with E-state index in [4.69, 9.17) is 5.73 Å². The van der Waals surface area contributed by atoms with Gasteiger partial charge in [0.05, 0.1) is 11.4 Å². The van der Waals surface area contributed by atoms with Gasteiger partial charge in [0.25, 0.3) is 5.56 Å². The summed E-state index contributed by atoms with van der Waals surface area (Å²) in [6, 6.07) is 9.55. The summed E-state index contributed by atoms with van der Waals surface area (Å²) in [6.07, 6.45) is 0. The van der Waals surface area contributed by atoms with Gasteiger partial charge in [-0.15, -0.1) is 11.3 Å². The van der Waals surface area contributed by atoms with Crippen LogP contribution in [0.25, 0.3) is 11.3 Å². The Morgan fingerprint density at radius 2 is 2.00 bits per heavy atom. The number of nitrogen functional groups attached to an aromatic ring is 1. The van der Waals surface area contributed by atoms with Crippen LogP contribution in [0.1, 0.15) is 6.92 Å². The van der Waals surface area contributed by atoms with E-state index < -0.39 is 11.2 Å². The predicted molar refractivity (Wildman–Crippen MR) is 96.2 cm³/mol. The van der Waals surface area contributed by atoms with Gasteiger partial charge in [0, 0.05) is 11.9 Å². The molecule has 2 aromatic heterocycles. The smallest absolute Gasteiger partial charge is 0.329 e. The topological polar surface area (TPSA) is 118 Å². The molecular weight excluding hydrogens is 328 g/mol. The average Bonchev–Trinajstić information content (AvgIpc) is 3.02. The van der Waals surface area contributed by atoms with Gasteiger partial charge in [0.2, 0.25) is 5.13 Å². The molecule has 5 N–H and O–H groups in total. The molecule has 124 valence electrons. The van der Waals surface area contributed by atoms with Crippen LogP contribution < -0.4 is 27.8 Å². The second-order valence-electron chi connectivity index (χ2n) is 4.92. The summed E-state index contributed by atoms with van der Waals surface area (Å²) in [6.45, 7) is 2.14. The van der Waals surface area contributed by atoms with E-state index in [1.54, 1.807) is 12.3 Å². The number of thiazole rings is 1. The highest BCUT2D eigenvalue weighted by molar-refractivity contribution is 7.14. The van der Waals surface area contributed by atoms with Crippen molar-refractivity contribution in [1.29, 1.82) is 0 Å². The maximum Gasteiger partial charge on any atom is 0.329 e. The maximum atomic E-state index is 12.1. The van der Waals surface area contributed by atoms with Crippen LogP contribution in [0.5, 0.6) is 0 Å². The lowest BCUT2D eigenvalue weighted by Crippen LogP contribution is -2.32. The van der Waals surface area contributed by atoms with Crippen molar-refractivity contribution < 1.29 is 0 Å². The van der Waals surface area contributed by atoms with Crippen LogP contribution in [0.2, 0.25) is 0 Å². The number of aromatic nitrogens is 3. The second-order valence-corrected chi connectivity index (χ2v) is 5.78. The van der Waals surface area contributed by atoms with Gasteiger partial charge in [0.15, 0.2) is 0 Å². The highest BCUT2D eigenvalue weighted by atomic mass is 32.1. The van der Waals surface area contributed by atoms with Crippen molar-refractivity contribution in [3.63, 3.8) is 0 Å². The first-order valence-electron chi connectivity index (χ1n) is 7.25. The Kier molecular flexibility index (Phi) is 4.34. The number of para-hydroxylation sites is 1. The number of rotatable bonds is 5. The fourth-order valence-corrected chi connectivity index (χ4v) is 2.90. The molecule has 0 aliphatic rings. The molecule has 0 fully saturated rings. The lowest BCUT2D eigenvalue weighted by Gasteiger charge is -2.09. The molecule has 2 heterocycles. The molecular formula is C15H16N6O2S. The number of nitrogens with one attached hydrogen (secondary N) is 3. The van der Waals surface area contributed by atoms with Crippen molar-refractivity contribution >= 4 is 28.0 Å². The number of nitrogens with two attached hydrogens (primary N) is 1. The maximum absolute atomic E-state index is 12.1.